The predicted molar refractivity (Wildman–Crippen MR) is 113 cm³/mol. The Morgan fingerprint density at radius 1 is 1.07 bits per heavy atom. The van der Waals surface area contributed by atoms with Crippen LogP contribution in [0.1, 0.15) is 41.3 Å². The summed E-state index contributed by atoms with van der Waals surface area (Å²) in [4.78, 5) is 24.2. The molecule has 1 aliphatic rings. The number of carbonyl (C=O) groups excluding carboxylic acids is 1. The minimum absolute atomic E-state index is 0.188. The van der Waals surface area contributed by atoms with E-state index in [4.69, 9.17) is 0 Å². The Morgan fingerprint density at radius 3 is 2.59 bits per heavy atom. The lowest BCUT2D eigenvalue weighted by Crippen LogP contribution is -2.31. The molecular formula is C22H26N6O. The maximum Gasteiger partial charge on any atom is 0.269 e. The van der Waals surface area contributed by atoms with E-state index in [0.29, 0.717) is 11.5 Å². The fourth-order valence-corrected chi connectivity index (χ4v) is 3.66. The Hall–Kier alpha value is -3.22. The highest BCUT2D eigenvalue weighted by atomic mass is 16.2. The fraction of sp³-hybridized carbons (Fsp3) is 0.364. The molecule has 7 nitrogen and oxygen atoms in total. The van der Waals surface area contributed by atoms with Crippen LogP contribution in [0.4, 0.5) is 5.82 Å². The van der Waals surface area contributed by atoms with Crippen LogP contribution in [0.25, 0.3) is 11.3 Å². The Morgan fingerprint density at radius 2 is 1.83 bits per heavy atom. The quantitative estimate of drug-likeness (QED) is 0.724. The number of amides is 1. The number of piperidine rings is 1. The molecule has 0 aliphatic carbocycles. The standard InChI is InChI=1S/C22H26N6O/c1-16-13-21(28-11-7-4-8-12-28)25-20(24-16)15-23-22(29)19-14-18(26-27(19)2)17-9-5-3-6-10-17/h3,5-6,9-10,13-14H,4,7-8,11-12,15H2,1-2H3,(H,23,29). The second-order valence-electron chi connectivity index (χ2n) is 7.42. The molecule has 0 atom stereocenters. The zero-order chi connectivity index (χ0) is 20.2. The molecule has 29 heavy (non-hydrogen) atoms. The zero-order valence-electron chi connectivity index (χ0n) is 16.9. The van der Waals surface area contributed by atoms with Crippen molar-refractivity contribution in [2.75, 3.05) is 18.0 Å². The molecule has 2 aromatic heterocycles. The number of anilines is 1. The molecule has 1 aromatic carbocycles. The molecule has 1 aliphatic heterocycles. The summed E-state index contributed by atoms with van der Waals surface area (Å²) in [6, 6.07) is 13.7. The number of rotatable bonds is 5. The highest BCUT2D eigenvalue weighted by Crippen LogP contribution is 2.19. The highest BCUT2D eigenvalue weighted by molar-refractivity contribution is 5.93. The van der Waals surface area contributed by atoms with Gasteiger partial charge < -0.3 is 10.2 Å². The van der Waals surface area contributed by atoms with E-state index in [1.165, 1.54) is 19.3 Å². The SMILES string of the molecule is Cc1cc(N2CCCCC2)nc(CNC(=O)c2cc(-c3ccccc3)nn2C)n1. The third-order valence-corrected chi connectivity index (χ3v) is 5.16. The first-order chi connectivity index (χ1) is 14.1. The van der Waals surface area contributed by atoms with Crippen molar-refractivity contribution in [2.45, 2.75) is 32.7 Å². The molecule has 0 radical (unpaired) electrons. The smallest absolute Gasteiger partial charge is 0.269 e. The summed E-state index contributed by atoms with van der Waals surface area (Å²) >= 11 is 0. The molecule has 3 aromatic rings. The number of carbonyl (C=O) groups is 1. The van der Waals surface area contributed by atoms with Gasteiger partial charge in [0, 0.05) is 37.5 Å². The molecule has 1 fully saturated rings. The van der Waals surface area contributed by atoms with Gasteiger partial charge in [0.15, 0.2) is 0 Å². The molecule has 0 saturated carbocycles. The van der Waals surface area contributed by atoms with Crippen LogP contribution in [0.2, 0.25) is 0 Å². The van der Waals surface area contributed by atoms with Crippen LogP contribution in [-0.4, -0.2) is 38.7 Å². The molecule has 1 amide bonds. The van der Waals surface area contributed by atoms with Crippen molar-refractivity contribution >= 4 is 11.7 Å². The zero-order valence-corrected chi connectivity index (χ0v) is 16.9. The van der Waals surface area contributed by atoms with Crippen LogP contribution in [0.3, 0.4) is 0 Å². The molecule has 0 spiro atoms. The van der Waals surface area contributed by atoms with Gasteiger partial charge in [-0.05, 0) is 32.3 Å². The highest BCUT2D eigenvalue weighted by Gasteiger charge is 2.16. The monoisotopic (exact) mass is 390 g/mol. The van der Waals surface area contributed by atoms with Crippen molar-refractivity contribution < 1.29 is 4.79 Å². The van der Waals surface area contributed by atoms with Gasteiger partial charge in [0.25, 0.3) is 5.91 Å². The summed E-state index contributed by atoms with van der Waals surface area (Å²) in [5.41, 5.74) is 3.18. The van der Waals surface area contributed by atoms with Gasteiger partial charge in [-0.15, -0.1) is 0 Å². The first-order valence-electron chi connectivity index (χ1n) is 10.1. The van der Waals surface area contributed by atoms with Crippen molar-refractivity contribution in [3.8, 4) is 11.3 Å². The number of nitrogens with zero attached hydrogens (tertiary/aromatic N) is 5. The molecule has 150 valence electrons. The first-order valence-corrected chi connectivity index (χ1v) is 10.1. The van der Waals surface area contributed by atoms with Crippen molar-refractivity contribution in [1.82, 2.24) is 25.1 Å². The summed E-state index contributed by atoms with van der Waals surface area (Å²) in [6.45, 7) is 4.31. The van der Waals surface area contributed by atoms with E-state index in [9.17, 15) is 4.79 Å². The minimum Gasteiger partial charge on any atom is -0.357 e. The van der Waals surface area contributed by atoms with Crippen LogP contribution < -0.4 is 10.2 Å². The van der Waals surface area contributed by atoms with Gasteiger partial charge in [0.2, 0.25) is 0 Å². The van der Waals surface area contributed by atoms with Gasteiger partial charge in [-0.25, -0.2) is 9.97 Å². The van der Waals surface area contributed by atoms with Crippen LogP contribution in [-0.2, 0) is 13.6 Å². The number of benzene rings is 1. The number of aryl methyl sites for hydroxylation is 2. The average molecular weight is 390 g/mol. The molecule has 3 heterocycles. The number of nitrogens with one attached hydrogen (secondary N) is 1. The van der Waals surface area contributed by atoms with Crippen molar-refractivity contribution in [2.24, 2.45) is 7.05 Å². The van der Waals surface area contributed by atoms with Gasteiger partial charge in [0.05, 0.1) is 12.2 Å². The van der Waals surface area contributed by atoms with E-state index in [0.717, 1.165) is 35.9 Å². The second kappa shape index (κ2) is 8.43. The molecule has 0 bridgehead atoms. The van der Waals surface area contributed by atoms with Crippen LogP contribution >= 0.6 is 0 Å². The van der Waals surface area contributed by atoms with E-state index < -0.39 is 0 Å². The molecule has 4 rings (SSSR count). The number of hydrogen-bond acceptors (Lipinski definition) is 5. The lowest BCUT2D eigenvalue weighted by Gasteiger charge is -2.28. The Bertz CT molecular complexity index is 992. The van der Waals surface area contributed by atoms with E-state index in [1.54, 1.807) is 17.8 Å². The first kappa shape index (κ1) is 19.1. The van der Waals surface area contributed by atoms with E-state index >= 15 is 0 Å². The van der Waals surface area contributed by atoms with Gasteiger partial charge >= 0.3 is 0 Å². The van der Waals surface area contributed by atoms with Gasteiger partial charge in [-0.3, -0.25) is 9.48 Å². The molecule has 1 N–H and O–H groups in total. The van der Waals surface area contributed by atoms with Gasteiger partial charge in [-0.2, -0.15) is 5.10 Å². The maximum atomic E-state index is 12.7. The summed E-state index contributed by atoms with van der Waals surface area (Å²) in [6.07, 6.45) is 3.66. The van der Waals surface area contributed by atoms with Crippen molar-refractivity contribution in [3.63, 3.8) is 0 Å². The lowest BCUT2D eigenvalue weighted by molar-refractivity contribution is 0.0940. The number of aromatic nitrogens is 4. The van der Waals surface area contributed by atoms with Crippen LogP contribution in [0.15, 0.2) is 42.5 Å². The largest absolute Gasteiger partial charge is 0.357 e. The van der Waals surface area contributed by atoms with Gasteiger partial charge in [0.1, 0.15) is 17.3 Å². The summed E-state index contributed by atoms with van der Waals surface area (Å²) in [7, 11) is 1.78. The summed E-state index contributed by atoms with van der Waals surface area (Å²) in [5, 5.41) is 7.40. The molecule has 7 heteroatoms. The van der Waals surface area contributed by atoms with Crippen molar-refractivity contribution in [1.29, 1.82) is 0 Å². The summed E-state index contributed by atoms with van der Waals surface area (Å²) in [5.74, 6) is 1.39. The van der Waals surface area contributed by atoms with Crippen LogP contribution in [0, 0.1) is 6.92 Å². The van der Waals surface area contributed by atoms with E-state index in [-0.39, 0.29) is 12.5 Å². The maximum absolute atomic E-state index is 12.7. The van der Waals surface area contributed by atoms with E-state index in [1.807, 2.05) is 43.3 Å². The minimum atomic E-state index is -0.188. The number of hydrogen-bond donors (Lipinski definition) is 1. The Kier molecular flexibility index (Phi) is 5.55. The Balaban J connectivity index is 1.46. The normalized spacial score (nSPS) is 14.1. The average Bonchev–Trinajstić information content (AvgIpc) is 3.15. The summed E-state index contributed by atoms with van der Waals surface area (Å²) < 4.78 is 1.61. The van der Waals surface area contributed by atoms with E-state index in [2.05, 4.69) is 25.3 Å². The third kappa shape index (κ3) is 4.45. The van der Waals surface area contributed by atoms with Crippen molar-refractivity contribution in [3.05, 3.63) is 59.7 Å². The lowest BCUT2D eigenvalue weighted by atomic mass is 10.1. The topological polar surface area (TPSA) is 75.9 Å². The predicted octanol–water partition coefficient (Wildman–Crippen LogP) is 3.11. The Labute approximate surface area is 170 Å². The van der Waals surface area contributed by atoms with Gasteiger partial charge in [-0.1, -0.05) is 30.3 Å². The third-order valence-electron chi connectivity index (χ3n) is 5.16. The fourth-order valence-electron chi connectivity index (χ4n) is 3.66. The molecule has 1 saturated heterocycles. The second-order valence-corrected chi connectivity index (χ2v) is 7.42. The molecular weight excluding hydrogens is 364 g/mol. The van der Waals surface area contributed by atoms with Crippen LogP contribution in [0.5, 0.6) is 0 Å². The molecule has 0 unspecified atom stereocenters.